The van der Waals surface area contributed by atoms with Crippen molar-refractivity contribution in [3.05, 3.63) is 35.4 Å². The summed E-state index contributed by atoms with van der Waals surface area (Å²) in [6, 6.07) is 8.40. The van der Waals surface area contributed by atoms with Gasteiger partial charge in [-0.25, -0.2) is 4.68 Å². The van der Waals surface area contributed by atoms with Gasteiger partial charge in [-0.05, 0) is 48.1 Å². The number of tetrazole rings is 1. The number of carbonyl (C=O) groups excluding carboxylic acids is 1. The molecule has 0 aliphatic heterocycles. The number of hydrogen-bond donors (Lipinski definition) is 0. The molecule has 1 atom stereocenters. The minimum absolute atomic E-state index is 0.0721. The molecule has 1 saturated carbocycles. The van der Waals surface area contributed by atoms with Gasteiger partial charge in [-0.15, -0.1) is 5.10 Å². The number of Topliss-reactive ketones (excluding diaryl/α,β-unsaturated/α-hetero) is 1. The van der Waals surface area contributed by atoms with Crippen LogP contribution in [0.25, 0.3) is 0 Å². The Morgan fingerprint density at radius 3 is 2.90 bits per heavy atom. The maximum absolute atomic E-state index is 12.8. The molecule has 2 aliphatic carbocycles. The van der Waals surface area contributed by atoms with Crippen LogP contribution in [0.5, 0.6) is 0 Å². The van der Waals surface area contributed by atoms with E-state index in [1.807, 2.05) is 22.9 Å². The lowest BCUT2D eigenvalue weighted by atomic mass is 10.0. The maximum atomic E-state index is 12.8. The number of ketones is 1. The van der Waals surface area contributed by atoms with Gasteiger partial charge in [0, 0.05) is 5.56 Å². The summed E-state index contributed by atoms with van der Waals surface area (Å²) >= 11 is 1.53. The summed E-state index contributed by atoms with van der Waals surface area (Å²) in [5, 5.41) is 12.7. The summed E-state index contributed by atoms with van der Waals surface area (Å²) in [5.74, 6) is 0.221. The smallest absolute Gasteiger partial charge is 0.210 e. The number of fused-ring (bicyclic) bond motifs is 1. The monoisotopic (exact) mass is 300 g/mol. The van der Waals surface area contributed by atoms with Crippen LogP contribution in [0.2, 0.25) is 0 Å². The number of hydrogen-bond acceptors (Lipinski definition) is 5. The average Bonchev–Trinajstić information content (AvgIpc) is 3.27. The molecule has 0 unspecified atom stereocenters. The van der Waals surface area contributed by atoms with Gasteiger partial charge in [-0.3, -0.25) is 4.79 Å². The number of carbonyl (C=O) groups is 1. The van der Waals surface area contributed by atoms with Crippen LogP contribution in [0, 0.1) is 0 Å². The highest BCUT2D eigenvalue weighted by Crippen LogP contribution is 2.38. The lowest BCUT2D eigenvalue weighted by Gasteiger charge is -2.12. The van der Waals surface area contributed by atoms with Crippen molar-refractivity contribution in [1.82, 2.24) is 20.2 Å². The van der Waals surface area contributed by atoms with Crippen molar-refractivity contribution in [2.24, 2.45) is 0 Å². The molecule has 1 aromatic carbocycles. The molecule has 21 heavy (non-hydrogen) atoms. The molecular formula is C15H16N4OS. The van der Waals surface area contributed by atoms with Crippen LogP contribution in [0.15, 0.2) is 29.4 Å². The summed E-state index contributed by atoms with van der Waals surface area (Å²) in [6.45, 7) is 0. The van der Waals surface area contributed by atoms with Crippen LogP contribution < -0.4 is 0 Å². The summed E-state index contributed by atoms with van der Waals surface area (Å²) in [7, 11) is 0. The third-order valence-electron chi connectivity index (χ3n) is 4.09. The molecule has 0 amide bonds. The Bertz CT molecular complexity index is 680. The third-order valence-corrected chi connectivity index (χ3v) is 5.30. The molecular weight excluding hydrogens is 284 g/mol. The molecule has 0 bridgehead atoms. The second-order valence-corrected chi connectivity index (χ2v) is 6.83. The fraction of sp³-hybridized carbons (Fsp3) is 0.467. The largest absolute Gasteiger partial charge is 0.293 e. The molecule has 1 fully saturated rings. The van der Waals surface area contributed by atoms with Crippen molar-refractivity contribution in [2.75, 3.05) is 0 Å². The first-order valence-electron chi connectivity index (χ1n) is 7.39. The minimum atomic E-state index is -0.0721. The molecule has 108 valence electrons. The van der Waals surface area contributed by atoms with Gasteiger partial charge in [0.1, 0.15) is 0 Å². The van der Waals surface area contributed by atoms with E-state index in [9.17, 15) is 4.79 Å². The van der Waals surface area contributed by atoms with Crippen LogP contribution in [0.1, 0.15) is 47.6 Å². The van der Waals surface area contributed by atoms with Crippen LogP contribution in [0.3, 0.4) is 0 Å². The molecule has 6 heteroatoms. The standard InChI is InChI=1S/C15H16N4OS/c20-14-12-6-2-1-4-10(12)5-3-7-13(14)21-15-16-17-18-19(15)11-8-9-11/h1-2,4,6,11,13H,3,5,7-9H2/t13-/m1/s1. The summed E-state index contributed by atoms with van der Waals surface area (Å²) in [4.78, 5) is 12.8. The van der Waals surface area contributed by atoms with Gasteiger partial charge < -0.3 is 0 Å². The van der Waals surface area contributed by atoms with E-state index in [1.54, 1.807) is 0 Å². The summed E-state index contributed by atoms with van der Waals surface area (Å²) < 4.78 is 1.88. The van der Waals surface area contributed by atoms with Gasteiger partial charge >= 0.3 is 0 Å². The van der Waals surface area contributed by atoms with Crippen molar-refractivity contribution in [3.8, 4) is 0 Å². The Balaban J connectivity index is 1.60. The number of thioether (sulfide) groups is 1. The van der Waals surface area contributed by atoms with Crippen molar-refractivity contribution in [3.63, 3.8) is 0 Å². The van der Waals surface area contributed by atoms with E-state index in [2.05, 4.69) is 21.6 Å². The Hall–Kier alpha value is -1.69. The predicted molar refractivity (Wildman–Crippen MR) is 79.4 cm³/mol. The predicted octanol–water partition coefficient (Wildman–Crippen LogP) is 2.69. The fourth-order valence-corrected chi connectivity index (χ4v) is 3.96. The maximum Gasteiger partial charge on any atom is 0.210 e. The molecule has 1 heterocycles. The van der Waals surface area contributed by atoms with Gasteiger partial charge in [-0.1, -0.05) is 36.0 Å². The first-order valence-corrected chi connectivity index (χ1v) is 8.27. The van der Waals surface area contributed by atoms with Crippen LogP contribution in [0.4, 0.5) is 0 Å². The van der Waals surface area contributed by atoms with Crippen molar-refractivity contribution in [2.45, 2.75) is 48.6 Å². The molecule has 4 rings (SSSR count). The number of rotatable bonds is 3. The molecule has 0 N–H and O–H groups in total. The molecule has 2 aliphatic rings. The molecule has 5 nitrogen and oxygen atoms in total. The Morgan fingerprint density at radius 1 is 1.19 bits per heavy atom. The number of aromatic nitrogens is 4. The van der Waals surface area contributed by atoms with E-state index in [0.717, 1.165) is 42.8 Å². The average molecular weight is 300 g/mol. The highest BCUT2D eigenvalue weighted by Gasteiger charge is 2.32. The molecule has 2 aromatic rings. The second kappa shape index (κ2) is 5.26. The topological polar surface area (TPSA) is 60.7 Å². The number of nitrogens with zero attached hydrogens (tertiary/aromatic N) is 4. The van der Waals surface area contributed by atoms with Gasteiger partial charge in [0.05, 0.1) is 11.3 Å². The van der Waals surface area contributed by atoms with Gasteiger partial charge in [0.2, 0.25) is 5.16 Å². The second-order valence-electron chi connectivity index (χ2n) is 5.66. The highest BCUT2D eigenvalue weighted by molar-refractivity contribution is 8.00. The first-order chi connectivity index (χ1) is 10.3. The normalized spacial score (nSPS) is 21.9. The quantitative estimate of drug-likeness (QED) is 0.816. The molecule has 1 aromatic heterocycles. The number of aryl methyl sites for hydroxylation is 1. The van der Waals surface area contributed by atoms with Crippen molar-refractivity contribution in [1.29, 1.82) is 0 Å². The van der Waals surface area contributed by atoms with E-state index < -0.39 is 0 Å². The zero-order valence-electron chi connectivity index (χ0n) is 11.6. The fourth-order valence-electron chi connectivity index (χ4n) is 2.81. The molecule has 0 saturated heterocycles. The van der Waals surface area contributed by atoms with Crippen molar-refractivity contribution >= 4 is 17.5 Å². The Morgan fingerprint density at radius 2 is 2.05 bits per heavy atom. The van der Waals surface area contributed by atoms with E-state index in [-0.39, 0.29) is 11.0 Å². The summed E-state index contributed by atoms with van der Waals surface area (Å²) in [5.41, 5.74) is 2.05. The van der Waals surface area contributed by atoms with Gasteiger partial charge in [0.15, 0.2) is 5.78 Å². The van der Waals surface area contributed by atoms with Crippen LogP contribution >= 0.6 is 11.8 Å². The lowest BCUT2D eigenvalue weighted by molar-refractivity contribution is 0.0988. The van der Waals surface area contributed by atoms with E-state index >= 15 is 0 Å². The zero-order chi connectivity index (χ0) is 14.2. The highest BCUT2D eigenvalue weighted by atomic mass is 32.2. The van der Waals surface area contributed by atoms with Crippen molar-refractivity contribution < 1.29 is 4.79 Å². The first kappa shape index (κ1) is 13.0. The van der Waals surface area contributed by atoms with E-state index in [0.29, 0.717) is 6.04 Å². The minimum Gasteiger partial charge on any atom is -0.293 e. The van der Waals surface area contributed by atoms with E-state index in [1.165, 1.54) is 17.3 Å². The molecule has 0 radical (unpaired) electrons. The van der Waals surface area contributed by atoms with E-state index in [4.69, 9.17) is 0 Å². The zero-order valence-corrected chi connectivity index (χ0v) is 12.4. The summed E-state index contributed by atoms with van der Waals surface area (Å²) in [6.07, 6.45) is 5.17. The molecule has 0 spiro atoms. The third kappa shape index (κ3) is 2.48. The van der Waals surface area contributed by atoms with Gasteiger partial charge in [0.25, 0.3) is 0 Å². The number of benzene rings is 1. The van der Waals surface area contributed by atoms with Gasteiger partial charge in [-0.2, -0.15) is 0 Å². The van der Waals surface area contributed by atoms with Crippen LogP contribution in [-0.2, 0) is 6.42 Å². The Labute approximate surface area is 127 Å². The van der Waals surface area contributed by atoms with Crippen LogP contribution in [-0.4, -0.2) is 31.2 Å². The Kier molecular flexibility index (Phi) is 3.25. The lowest BCUT2D eigenvalue weighted by Crippen LogP contribution is -2.17. The SMILES string of the molecule is O=C1c2ccccc2CCC[C@H]1Sc1nnnn1C1CC1.